The van der Waals surface area contributed by atoms with Gasteiger partial charge in [-0.15, -0.1) is 11.3 Å². The number of anilines is 1. The molecule has 3 aromatic rings. The number of halogens is 1. The zero-order valence-electron chi connectivity index (χ0n) is 23.5. The molecule has 4 N–H and O–H groups in total. The van der Waals surface area contributed by atoms with Crippen molar-refractivity contribution in [3.63, 3.8) is 0 Å². The third-order valence-electron chi connectivity index (χ3n) is 9.52. The fourth-order valence-corrected chi connectivity index (χ4v) is 8.07. The van der Waals surface area contributed by atoms with Crippen LogP contribution in [0, 0.1) is 22.6 Å². The summed E-state index contributed by atoms with van der Waals surface area (Å²) in [7, 11) is 0. The average Bonchev–Trinajstić information content (AvgIpc) is 3.61. The number of thiazole rings is 1. The predicted molar refractivity (Wildman–Crippen MR) is 154 cm³/mol. The fourth-order valence-electron chi connectivity index (χ4n) is 7.01. The van der Waals surface area contributed by atoms with Gasteiger partial charge in [-0.05, 0) is 66.5 Å². The first-order valence-electron chi connectivity index (χ1n) is 14.1. The summed E-state index contributed by atoms with van der Waals surface area (Å²) in [6, 6.07) is 11.0. The van der Waals surface area contributed by atoms with Gasteiger partial charge in [-0.3, -0.25) is 14.9 Å². The van der Waals surface area contributed by atoms with E-state index < -0.39 is 28.7 Å². The highest BCUT2D eigenvalue weighted by Gasteiger charge is 2.59. The topological polar surface area (TPSA) is 130 Å². The van der Waals surface area contributed by atoms with E-state index in [1.165, 1.54) is 35.6 Å². The molecule has 2 aliphatic carbocycles. The zero-order valence-corrected chi connectivity index (χ0v) is 24.3. The first-order valence-corrected chi connectivity index (χ1v) is 14.9. The Labute approximate surface area is 247 Å². The minimum atomic E-state index is -0.763. The molecule has 1 aromatic heterocycles. The molecule has 6 rings (SSSR count). The summed E-state index contributed by atoms with van der Waals surface area (Å²) in [5.74, 6) is -0.241. The first kappa shape index (κ1) is 28.6. The van der Waals surface area contributed by atoms with Crippen molar-refractivity contribution < 1.29 is 33.7 Å². The molecule has 0 radical (unpaired) electrons. The highest BCUT2D eigenvalue weighted by atomic mass is 32.1. The number of rotatable bonds is 7. The van der Waals surface area contributed by atoms with E-state index in [-0.39, 0.29) is 43.1 Å². The Morgan fingerprint density at radius 1 is 1.17 bits per heavy atom. The Bertz CT molecular complexity index is 1530. The molecule has 9 nitrogen and oxygen atoms in total. The summed E-state index contributed by atoms with van der Waals surface area (Å²) < 4.78 is 24.5. The minimum absolute atomic E-state index is 0.120. The third-order valence-corrected chi connectivity index (χ3v) is 10.5. The van der Waals surface area contributed by atoms with Crippen molar-refractivity contribution in [2.24, 2.45) is 16.7 Å². The number of nitrogens with zero attached hydrogens (tertiary/aromatic N) is 1. The summed E-state index contributed by atoms with van der Waals surface area (Å²) >= 11 is 1.32. The van der Waals surface area contributed by atoms with Crippen LogP contribution in [0.5, 0.6) is 11.5 Å². The highest BCUT2D eigenvalue weighted by molar-refractivity contribution is 7.15. The van der Waals surface area contributed by atoms with Gasteiger partial charge in [-0.1, -0.05) is 26.0 Å². The average molecular weight is 596 g/mol. The van der Waals surface area contributed by atoms with Gasteiger partial charge in [-0.2, -0.15) is 0 Å². The van der Waals surface area contributed by atoms with E-state index >= 15 is 0 Å². The van der Waals surface area contributed by atoms with E-state index in [0.29, 0.717) is 42.4 Å². The molecule has 0 spiro atoms. The molecular formula is C31H34FN3O6S. The van der Waals surface area contributed by atoms with Crippen molar-refractivity contribution in [2.45, 2.75) is 58.1 Å². The molecule has 0 bridgehead atoms. The van der Waals surface area contributed by atoms with Gasteiger partial charge < -0.3 is 25.0 Å². The number of carbonyl (C=O) groups is 2. The number of fused-ring (bicyclic) bond motifs is 3. The number of aromatic nitrogens is 1. The summed E-state index contributed by atoms with van der Waals surface area (Å²) in [5.41, 5.74) is 0.617. The SMILES string of the molecule is CC1(CO)C(O)CCC2(C)C(CC(=O)NCc3ccc4c(c3)OCO4)c3nc(NC(=O)c4cccc(F)c4)sc3CC12. The molecule has 5 unspecified atom stereocenters. The van der Waals surface area contributed by atoms with Crippen LogP contribution in [0.1, 0.15) is 65.5 Å². The number of aliphatic hydroxyl groups is 2. The Morgan fingerprint density at radius 3 is 2.76 bits per heavy atom. The lowest BCUT2D eigenvalue weighted by molar-refractivity contribution is -0.144. The van der Waals surface area contributed by atoms with Crippen LogP contribution in [0.4, 0.5) is 9.52 Å². The molecule has 2 amide bonds. The number of carbonyl (C=O) groups excluding carboxylic acids is 2. The van der Waals surface area contributed by atoms with Gasteiger partial charge in [0, 0.05) is 34.7 Å². The summed E-state index contributed by atoms with van der Waals surface area (Å²) in [6.07, 6.45) is 1.20. The van der Waals surface area contributed by atoms with E-state index in [1.54, 1.807) is 0 Å². The monoisotopic (exact) mass is 595 g/mol. The number of nitrogens with one attached hydrogen (secondary N) is 2. The van der Waals surface area contributed by atoms with Gasteiger partial charge in [0.25, 0.3) is 5.91 Å². The number of benzene rings is 2. The Kier molecular flexibility index (Phi) is 7.44. The van der Waals surface area contributed by atoms with Crippen LogP contribution in [-0.4, -0.2) is 46.5 Å². The normalized spacial score (nSPS) is 27.6. The highest BCUT2D eigenvalue weighted by Crippen LogP contribution is 2.62. The van der Waals surface area contributed by atoms with Gasteiger partial charge in [0.15, 0.2) is 16.6 Å². The van der Waals surface area contributed by atoms with E-state index in [0.717, 1.165) is 16.1 Å². The van der Waals surface area contributed by atoms with Crippen LogP contribution < -0.4 is 20.1 Å². The second-order valence-electron chi connectivity index (χ2n) is 12.0. The van der Waals surface area contributed by atoms with Crippen molar-refractivity contribution in [3.05, 3.63) is 70.0 Å². The van der Waals surface area contributed by atoms with Crippen LogP contribution in [0.15, 0.2) is 42.5 Å². The second kappa shape index (κ2) is 10.9. The third kappa shape index (κ3) is 5.03. The Hall–Kier alpha value is -3.54. The number of amides is 2. The van der Waals surface area contributed by atoms with Crippen LogP contribution in [0.3, 0.4) is 0 Å². The quantitative estimate of drug-likeness (QED) is 0.319. The number of aliphatic hydroxyl groups excluding tert-OH is 2. The smallest absolute Gasteiger partial charge is 0.257 e. The molecule has 11 heteroatoms. The van der Waals surface area contributed by atoms with Gasteiger partial charge in [-0.25, -0.2) is 9.37 Å². The number of hydrogen-bond acceptors (Lipinski definition) is 8. The summed E-state index contributed by atoms with van der Waals surface area (Å²) in [4.78, 5) is 32.1. The minimum Gasteiger partial charge on any atom is -0.454 e. The van der Waals surface area contributed by atoms with Crippen LogP contribution in [-0.2, 0) is 17.8 Å². The van der Waals surface area contributed by atoms with E-state index in [2.05, 4.69) is 17.6 Å². The number of ether oxygens (including phenoxy) is 2. The molecule has 1 aliphatic heterocycles. The van der Waals surface area contributed by atoms with E-state index in [9.17, 15) is 24.2 Å². The molecular weight excluding hydrogens is 561 g/mol. The maximum absolute atomic E-state index is 13.7. The Balaban J connectivity index is 1.27. The molecule has 222 valence electrons. The Morgan fingerprint density at radius 2 is 1.98 bits per heavy atom. The molecule has 2 heterocycles. The van der Waals surface area contributed by atoms with Crippen molar-refractivity contribution >= 4 is 28.3 Å². The van der Waals surface area contributed by atoms with Crippen molar-refractivity contribution in [3.8, 4) is 11.5 Å². The van der Waals surface area contributed by atoms with E-state index in [1.807, 2.05) is 25.1 Å². The molecule has 5 atom stereocenters. The van der Waals surface area contributed by atoms with Crippen molar-refractivity contribution in [1.82, 2.24) is 10.3 Å². The lowest BCUT2D eigenvalue weighted by Crippen LogP contribution is -2.57. The fraction of sp³-hybridized carbons (Fsp3) is 0.452. The van der Waals surface area contributed by atoms with Crippen LogP contribution in [0.25, 0.3) is 0 Å². The van der Waals surface area contributed by atoms with Gasteiger partial charge >= 0.3 is 0 Å². The number of hydrogen-bond donors (Lipinski definition) is 4. The lowest BCUT2D eigenvalue weighted by atomic mass is 9.47. The van der Waals surface area contributed by atoms with Gasteiger partial charge in [0.2, 0.25) is 12.7 Å². The molecule has 42 heavy (non-hydrogen) atoms. The van der Waals surface area contributed by atoms with Crippen LogP contribution >= 0.6 is 11.3 Å². The van der Waals surface area contributed by atoms with Gasteiger partial charge in [0.05, 0.1) is 18.4 Å². The second-order valence-corrected chi connectivity index (χ2v) is 13.1. The standard InChI is InChI=1S/C31H34FN3O6S/c1-30-9-8-25(37)31(2,15-36)24(30)13-23-27(34-29(42-23)35-28(39)18-4-3-5-19(32)11-18)20(30)12-26(38)33-14-17-6-7-21-22(10-17)41-16-40-21/h3-7,10-11,20,24-25,36-37H,8-9,12-16H2,1-2H3,(H,33,38)(H,34,35,39). The predicted octanol–water partition coefficient (Wildman–Crippen LogP) is 4.39. The lowest BCUT2D eigenvalue weighted by Gasteiger charge is -2.58. The summed E-state index contributed by atoms with van der Waals surface area (Å²) in [5, 5.41) is 27.7. The first-order chi connectivity index (χ1) is 20.1. The summed E-state index contributed by atoms with van der Waals surface area (Å²) in [6.45, 7) is 4.34. The maximum Gasteiger partial charge on any atom is 0.257 e. The van der Waals surface area contributed by atoms with Crippen molar-refractivity contribution in [2.75, 3.05) is 18.7 Å². The van der Waals surface area contributed by atoms with Crippen LogP contribution in [0.2, 0.25) is 0 Å². The largest absolute Gasteiger partial charge is 0.454 e. The molecule has 0 saturated heterocycles. The van der Waals surface area contributed by atoms with E-state index in [4.69, 9.17) is 14.5 Å². The molecule has 1 saturated carbocycles. The molecule has 3 aliphatic rings. The van der Waals surface area contributed by atoms with Gasteiger partial charge in [0.1, 0.15) is 5.82 Å². The maximum atomic E-state index is 13.7. The zero-order chi connectivity index (χ0) is 29.6. The molecule has 2 aromatic carbocycles. The van der Waals surface area contributed by atoms with Crippen molar-refractivity contribution in [1.29, 1.82) is 0 Å². The molecule has 1 fully saturated rings.